The van der Waals surface area contributed by atoms with Gasteiger partial charge >= 0.3 is 5.97 Å². The van der Waals surface area contributed by atoms with Crippen molar-refractivity contribution in [3.05, 3.63) is 54.1 Å². The summed E-state index contributed by atoms with van der Waals surface area (Å²) in [5.41, 5.74) is 0.512. The van der Waals surface area contributed by atoms with Crippen LogP contribution in [0.2, 0.25) is 0 Å². The summed E-state index contributed by atoms with van der Waals surface area (Å²) in [6.45, 7) is 5.97. The largest absolute Gasteiger partial charge is 0.494 e. The summed E-state index contributed by atoms with van der Waals surface area (Å²) >= 11 is 0. The Morgan fingerprint density at radius 2 is 1.00 bits per heavy atom. The van der Waals surface area contributed by atoms with Gasteiger partial charge in [-0.05, 0) is 79.6 Å². The first-order valence-electron chi connectivity index (χ1n) is 16.9. The van der Waals surface area contributed by atoms with E-state index in [9.17, 15) is 4.79 Å². The molecular weight excluding hydrogens is 508 g/mol. The van der Waals surface area contributed by atoms with Crippen molar-refractivity contribution in [3.8, 4) is 17.2 Å². The first kappa shape index (κ1) is 33.0. The highest BCUT2D eigenvalue weighted by Gasteiger charge is 2.20. The van der Waals surface area contributed by atoms with Crippen molar-refractivity contribution in [3.63, 3.8) is 0 Å². The van der Waals surface area contributed by atoms with Crippen LogP contribution in [-0.2, 0) is 0 Å². The van der Waals surface area contributed by atoms with Crippen molar-refractivity contribution >= 4 is 5.97 Å². The van der Waals surface area contributed by atoms with Crippen molar-refractivity contribution in [2.24, 2.45) is 11.8 Å². The number of carbonyl (C=O) groups is 1. The fourth-order valence-corrected chi connectivity index (χ4v) is 5.94. The first-order valence-corrected chi connectivity index (χ1v) is 16.9. The van der Waals surface area contributed by atoms with Crippen LogP contribution in [-0.4, -0.2) is 19.2 Å². The fraction of sp³-hybridized carbons (Fsp3) is 0.649. The van der Waals surface area contributed by atoms with Crippen molar-refractivity contribution < 1.29 is 19.0 Å². The zero-order valence-corrected chi connectivity index (χ0v) is 26.0. The van der Waals surface area contributed by atoms with Crippen LogP contribution >= 0.6 is 0 Å². The molecule has 0 amide bonds. The Hall–Kier alpha value is -2.49. The zero-order chi connectivity index (χ0) is 29.0. The molecule has 41 heavy (non-hydrogen) atoms. The van der Waals surface area contributed by atoms with Crippen molar-refractivity contribution in [1.29, 1.82) is 0 Å². The van der Waals surface area contributed by atoms with E-state index in [-0.39, 0.29) is 5.97 Å². The molecule has 0 aromatic heterocycles. The molecule has 4 nitrogen and oxygen atoms in total. The maximum absolute atomic E-state index is 12.6. The molecule has 1 aliphatic rings. The van der Waals surface area contributed by atoms with Crippen LogP contribution < -0.4 is 14.2 Å². The average molecular weight is 565 g/mol. The number of unbranched alkanes of at least 4 members (excludes halogenated alkanes) is 9. The molecule has 1 saturated carbocycles. The lowest BCUT2D eigenvalue weighted by Crippen LogP contribution is -2.15. The molecule has 0 aliphatic heterocycles. The summed E-state index contributed by atoms with van der Waals surface area (Å²) in [6, 6.07) is 14.6. The number of hydrogen-bond acceptors (Lipinski definition) is 4. The molecule has 0 bridgehead atoms. The van der Waals surface area contributed by atoms with Gasteiger partial charge in [-0.3, -0.25) is 0 Å². The van der Waals surface area contributed by atoms with E-state index in [1.165, 1.54) is 103 Å². The molecule has 0 atom stereocenters. The van der Waals surface area contributed by atoms with E-state index >= 15 is 0 Å². The minimum Gasteiger partial charge on any atom is -0.494 e. The van der Waals surface area contributed by atoms with Gasteiger partial charge in [0.05, 0.1) is 18.8 Å². The van der Waals surface area contributed by atoms with Gasteiger partial charge in [0.2, 0.25) is 0 Å². The second kappa shape index (κ2) is 20.4. The van der Waals surface area contributed by atoms with Crippen LogP contribution in [0.1, 0.15) is 140 Å². The minimum atomic E-state index is -0.368. The van der Waals surface area contributed by atoms with Crippen LogP contribution in [0.5, 0.6) is 17.2 Å². The van der Waals surface area contributed by atoms with E-state index in [1.54, 1.807) is 24.3 Å². The predicted octanol–water partition coefficient (Wildman–Crippen LogP) is 11.0. The molecule has 0 heterocycles. The maximum atomic E-state index is 12.6. The number of benzene rings is 2. The van der Waals surface area contributed by atoms with Crippen LogP contribution in [0, 0.1) is 11.8 Å². The van der Waals surface area contributed by atoms with Gasteiger partial charge in [-0.1, -0.05) is 110 Å². The number of carbonyl (C=O) groups excluding carboxylic acids is 1. The lowest BCUT2D eigenvalue weighted by atomic mass is 9.78. The van der Waals surface area contributed by atoms with Gasteiger partial charge in [0.25, 0.3) is 0 Å². The third kappa shape index (κ3) is 13.8. The molecule has 228 valence electrons. The number of rotatable bonds is 21. The van der Waals surface area contributed by atoms with Crippen molar-refractivity contribution in [2.45, 2.75) is 129 Å². The Labute approximate surface area is 250 Å². The monoisotopic (exact) mass is 564 g/mol. The van der Waals surface area contributed by atoms with Gasteiger partial charge in [-0.2, -0.15) is 0 Å². The van der Waals surface area contributed by atoms with Gasteiger partial charge in [0.15, 0.2) is 0 Å². The summed E-state index contributed by atoms with van der Waals surface area (Å²) in [5, 5.41) is 0. The van der Waals surface area contributed by atoms with Gasteiger partial charge < -0.3 is 14.2 Å². The van der Waals surface area contributed by atoms with Crippen molar-refractivity contribution in [2.75, 3.05) is 13.2 Å². The Balaban J connectivity index is 1.25. The highest BCUT2D eigenvalue weighted by molar-refractivity contribution is 5.91. The van der Waals surface area contributed by atoms with Gasteiger partial charge in [0, 0.05) is 0 Å². The fourth-order valence-electron chi connectivity index (χ4n) is 5.94. The second-order valence-electron chi connectivity index (χ2n) is 12.1. The van der Waals surface area contributed by atoms with Crippen LogP contribution in [0.15, 0.2) is 48.5 Å². The summed E-state index contributed by atoms with van der Waals surface area (Å²) in [7, 11) is 0. The standard InChI is InChI=1S/C37H56O4/c1-3-5-7-9-11-13-29-39-34-23-21-33(22-24-34)37(38)41-36-27-25-35(26-28-36)40-30-14-16-32-19-17-31(18-20-32)15-12-10-8-6-4-2/h21-28,31-32H,3-20,29-30H2,1-2H3/t31-,32-. The number of ether oxygens (including phenoxy) is 3. The van der Waals surface area contributed by atoms with Gasteiger partial charge in [0.1, 0.15) is 17.2 Å². The van der Waals surface area contributed by atoms with Crippen LogP contribution in [0.25, 0.3) is 0 Å². The molecule has 1 fully saturated rings. The molecular formula is C37H56O4. The lowest BCUT2D eigenvalue weighted by molar-refractivity contribution is 0.0734. The number of esters is 1. The summed E-state index contributed by atoms with van der Waals surface area (Å²) in [6.07, 6.45) is 23.9. The van der Waals surface area contributed by atoms with Gasteiger partial charge in [-0.15, -0.1) is 0 Å². The molecule has 0 radical (unpaired) electrons. The van der Waals surface area contributed by atoms with Crippen LogP contribution in [0.4, 0.5) is 0 Å². The second-order valence-corrected chi connectivity index (χ2v) is 12.1. The normalized spacial score (nSPS) is 16.8. The third-order valence-electron chi connectivity index (χ3n) is 8.60. The van der Waals surface area contributed by atoms with E-state index in [1.807, 2.05) is 24.3 Å². The lowest BCUT2D eigenvalue weighted by Gasteiger charge is -2.28. The number of hydrogen-bond donors (Lipinski definition) is 0. The maximum Gasteiger partial charge on any atom is 0.343 e. The van der Waals surface area contributed by atoms with E-state index in [0.29, 0.717) is 17.9 Å². The third-order valence-corrected chi connectivity index (χ3v) is 8.60. The van der Waals surface area contributed by atoms with E-state index in [4.69, 9.17) is 14.2 Å². The van der Waals surface area contributed by atoms with E-state index in [0.717, 1.165) is 42.8 Å². The van der Waals surface area contributed by atoms with E-state index < -0.39 is 0 Å². The molecule has 1 aliphatic carbocycles. The molecule has 0 unspecified atom stereocenters. The molecule has 0 N–H and O–H groups in total. The highest BCUT2D eigenvalue weighted by atomic mass is 16.5. The molecule has 0 spiro atoms. The first-order chi connectivity index (χ1) is 20.2. The molecule has 2 aromatic carbocycles. The van der Waals surface area contributed by atoms with Crippen molar-refractivity contribution in [1.82, 2.24) is 0 Å². The molecule has 2 aromatic rings. The van der Waals surface area contributed by atoms with Gasteiger partial charge in [-0.25, -0.2) is 4.79 Å². The molecule has 3 rings (SSSR count). The van der Waals surface area contributed by atoms with Crippen LogP contribution in [0.3, 0.4) is 0 Å². The Kier molecular flexibility index (Phi) is 16.4. The summed E-state index contributed by atoms with van der Waals surface area (Å²) in [4.78, 5) is 12.6. The zero-order valence-electron chi connectivity index (χ0n) is 26.0. The Morgan fingerprint density at radius 3 is 1.59 bits per heavy atom. The predicted molar refractivity (Wildman–Crippen MR) is 170 cm³/mol. The summed E-state index contributed by atoms with van der Waals surface area (Å²) < 4.78 is 17.3. The topological polar surface area (TPSA) is 44.8 Å². The molecule has 4 heteroatoms. The highest BCUT2D eigenvalue weighted by Crippen LogP contribution is 2.34. The smallest absolute Gasteiger partial charge is 0.343 e. The summed E-state index contributed by atoms with van der Waals surface area (Å²) in [5.74, 6) is 3.61. The minimum absolute atomic E-state index is 0.368. The van der Waals surface area contributed by atoms with E-state index in [2.05, 4.69) is 13.8 Å². The SMILES string of the molecule is CCCCCCCCOc1ccc(C(=O)Oc2ccc(OCCC[C@H]3CC[C@H](CCCCCCC)CC3)cc2)cc1. The quantitative estimate of drug-likeness (QED) is 0.0859. The Morgan fingerprint density at radius 1 is 0.561 bits per heavy atom. The molecule has 0 saturated heterocycles. The Bertz CT molecular complexity index is 928. The average Bonchev–Trinajstić information content (AvgIpc) is 3.00.